The normalized spacial score (nSPS) is 21.8. The van der Waals surface area contributed by atoms with E-state index in [4.69, 9.17) is 9.84 Å². The van der Waals surface area contributed by atoms with Gasteiger partial charge in [-0.1, -0.05) is 48.5 Å². The zero-order valence-electron chi connectivity index (χ0n) is 17.7. The maximum absolute atomic E-state index is 12.5. The lowest BCUT2D eigenvalue weighted by molar-refractivity contribution is -0.139. The lowest BCUT2D eigenvalue weighted by Crippen LogP contribution is -2.41. The van der Waals surface area contributed by atoms with Gasteiger partial charge in [-0.2, -0.15) is 0 Å². The van der Waals surface area contributed by atoms with Crippen molar-refractivity contribution >= 4 is 18.0 Å². The van der Waals surface area contributed by atoms with Crippen LogP contribution >= 0.6 is 0 Å². The molecule has 5 rings (SSSR count). The fraction of sp³-hybridized carbons (Fsp3) is 0.400. The first-order valence-corrected chi connectivity index (χ1v) is 11.1. The van der Waals surface area contributed by atoms with E-state index >= 15 is 0 Å². The number of alkyl carbamates (subject to hydrolysis) is 1. The first-order chi connectivity index (χ1) is 15.5. The minimum atomic E-state index is -0.803. The lowest BCUT2D eigenvalue weighted by Gasteiger charge is -2.18. The van der Waals surface area contributed by atoms with Gasteiger partial charge in [0.1, 0.15) is 6.61 Å². The van der Waals surface area contributed by atoms with Crippen molar-refractivity contribution in [2.45, 2.75) is 25.2 Å². The van der Waals surface area contributed by atoms with Crippen LogP contribution in [0.25, 0.3) is 11.1 Å². The molecule has 7 nitrogen and oxygen atoms in total. The van der Waals surface area contributed by atoms with Crippen molar-refractivity contribution in [3.8, 4) is 11.1 Å². The Morgan fingerprint density at radius 3 is 2.16 bits per heavy atom. The number of nitrogens with one attached hydrogen (secondary N) is 2. The van der Waals surface area contributed by atoms with Crippen LogP contribution in [0.5, 0.6) is 0 Å². The molecule has 0 aromatic heterocycles. The van der Waals surface area contributed by atoms with E-state index in [2.05, 4.69) is 34.9 Å². The van der Waals surface area contributed by atoms with Gasteiger partial charge in [-0.15, -0.1) is 0 Å². The van der Waals surface area contributed by atoms with Crippen LogP contribution < -0.4 is 10.6 Å². The summed E-state index contributed by atoms with van der Waals surface area (Å²) in [5, 5.41) is 14.6. The topological polar surface area (TPSA) is 105 Å². The number of benzene rings is 2. The van der Waals surface area contributed by atoms with Crippen LogP contribution in [-0.2, 0) is 14.3 Å². The fourth-order valence-corrected chi connectivity index (χ4v) is 4.71. The van der Waals surface area contributed by atoms with E-state index in [1.165, 1.54) is 11.1 Å². The van der Waals surface area contributed by atoms with Crippen LogP contribution in [0, 0.1) is 17.3 Å². The summed E-state index contributed by atoms with van der Waals surface area (Å²) in [6.07, 6.45) is 1.49. The smallest absolute Gasteiger partial charge is 0.407 e. The molecular weight excluding hydrogens is 408 g/mol. The van der Waals surface area contributed by atoms with Gasteiger partial charge in [0, 0.05) is 19.0 Å². The van der Waals surface area contributed by atoms with Gasteiger partial charge in [0.05, 0.1) is 11.3 Å². The number of fused-ring (bicyclic) bond motifs is 3. The molecule has 0 bridgehead atoms. The summed E-state index contributed by atoms with van der Waals surface area (Å²) in [5.74, 6) is -1.26. The van der Waals surface area contributed by atoms with Crippen LogP contribution in [0.2, 0.25) is 0 Å². The second-order valence-corrected chi connectivity index (χ2v) is 9.11. The molecule has 0 saturated heterocycles. The van der Waals surface area contributed by atoms with Gasteiger partial charge < -0.3 is 20.5 Å². The van der Waals surface area contributed by atoms with Crippen molar-refractivity contribution < 1.29 is 24.2 Å². The van der Waals surface area contributed by atoms with Crippen LogP contribution in [0.3, 0.4) is 0 Å². The molecule has 32 heavy (non-hydrogen) atoms. The Balaban J connectivity index is 1.12. The van der Waals surface area contributed by atoms with Crippen molar-refractivity contribution in [2.24, 2.45) is 17.3 Å². The number of carbonyl (C=O) groups excluding carboxylic acids is 2. The highest BCUT2D eigenvalue weighted by atomic mass is 16.5. The average molecular weight is 434 g/mol. The second-order valence-electron chi connectivity index (χ2n) is 9.11. The molecule has 0 radical (unpaired) electrons. The minimum absolute atomic E-state index is 0.00735. The van der Waals surface area contributed by atoms with E-state index in [1.807, 2.05) is 24.3 Å². The fourth-order valence-electron chi connectivity index (χ4n) is 4.71. The molecule has 2 amide bonds. The zero-order valence-corrected chi connectivity index (χ0v) is 17.7. The van der Waals surface area contributed by atoms with Crippen molar-refractivity contribution in [3.63, 3.8) is 0 Å². The van der Waals surface area contributed by atoms with Gasteiger partial charge in [-0.05, 0) is 47.4 Å². The van der Waals surface area contributed by atoms with Crippen molar-refractivity contribution in [2.75, 3.05) is 19.7 Å². The van der Waals surface area contributed by atoms with E-state index in [-0.39, 0.29) is 36.8 Å². The Labute approximate surface area is 186 Å². The summed E-state index contributed by atoms with van der Waals surface area (Å²) >= 11 is 0. The predicted octanol–water partition coefficient (Wildman–Crippen LogP) is 3.14. The number of aliphatic carboxylic acids is 1. The van der Waals surface area contributed by atoms with Crippen LogP contribution in [0.15, 0.2) is 48.5 Å². The van der Waals surface area contributed by atoms with Crippen LogP contribution in [-0.4, -0.2) is 42.8 Å². The molecule has 3 aliphatic rings. The van der Waals surface area contributed by atoms with Crippen LogP contribution in [0.4, 0.5) is 4.79 Å². The molecule has 2 fully saturated rings. The largest absolute Gasteiger partial charge is 0.481 e. The minimum Gasteiger partial charge on any atom is -0.481 e. The standard InChI is InChI=1S/C25H26N2O5/c28-22(29)20-11-15(20)12-26-23(30)25(9-10-25)14-27-24(31)32-13-21-18-7-3-1-5-16(18)17-6-2-4-8-19(17)21/h1-8,15,20-21H,9-14H2,(H,26,30)(H,27,31)(H,28,29)/t15-,20-/m1/s1. The Kier molecular flexibility index (Phi) is 5.12. The molecule has 166 valence electrons. The number of carbonyl (C=O) groups is 3. The Hall–Kier alpha value is -3.35. The molecule has 0 unspecified atom stereocenters. The lowest BCUT2D eigenvalue weighted by atomic mass is 9.98. The van der Waals surface area contributed by atoms with E-state index in [1.54, 1.807) is 0 Å². The van der Waals surface area contributed by atoms with E-state index in [0.717, 1.165) is 11.1 Å². The van der Waals surface area contributed by atoms with Gasteiger partial charge in [0.2, 0.25) is 5.91 Å². The number of carboxylic acids is 1. The summed E-state index contributed by atoms with van der Waals surface area (Å²) in [4.78, 5) is 35.8. The Morgan fingerprint density at radius 2 is 1.59 bits per heavy atom. The second kappa shape index (κ2) is 7.97. The molecule has 2 aromatic carbocycles. The number of carboxylic acid groups (broad SMARTS) is 1. The number of hydrogen-bond donors (Lipinski definition) is 3. The Bertz CT molecular complexity index is 1030. The predicted molar refractivity (Wildman–Crippen MR) is 117 cm³/mol. The van der Waals surface area contributed by atoms with E-state index < -0.39 is 17.5 Å². The average Bonchev–Trinajstić information content (AvgIpc) is 3.72. The number of amides is 2. The molecular formula is C25H26N2O5. The highest BCUT2D eigenvalue weighted by Gasteiger charge is 2.51. The number of hydrogen-bond acceptors (Lipinski definition) is 4. The maximum atomic E-state index is 12.5. The third kappa shape index (κ3) is 3.83. The van der Waals surface area contributed by atoms with E-state index in [9.17, 15) is 14.4 Å². The third-order valence-corrected chi connectivity index (χ3v) is 7.01. The van der Waals surface area contributed by atoms with Gasteiger partial charge in [-0.25, -0.2) is 4.79 Å². The monoisotopic (exact) mass is 434 g/mol. The van der Waals surface area contributed by atoms with Crippen molar-refractivity contribution in [1.82, 2.24) is 10.6 Å². The summed E-state index contributed by atoms with van der Waals surface area (Å²) in [6.45, 7) is 0.836. The van der Waals surface area contributed by atoms with Gasteiger partial charge in [0.15, 0.2) is 0 Å². The summed E-state index contributed by atoms with van der Waals surface area (Å²) < 4.78 is 5.54. The first-order valence-electron chi connectivity index (χ1n) is 11.1. The Morgan fingerprint density at radius 1 is 0.969 bits per heavy atom. The molecule has 0 spiro atoms. The van der Waals surface area contributed by atoms with Crippen molar-refractivity contribution in [3.05, 3.63) is 59.7 Å². The summed E-state index contributed by atoms with van der Waals surface area (Å²) in [5.41, 5.74) is 4.05. The summed E-state index contributed by atoms with van der Waals surface area (Å²) in [7, 11) is 0. The van der Waals surface area contributed by atoms with Crippen LogP contribution in [0.1, 0.15) is 36.3 Å². The quantitative estimate of drug-likeness (QED) is 0.592. The molecule has 3 aliphatic carbocycles. The molecule has 2 aromatic rings. The highest BCUT2D eigenvalue weighted by molar-refractivity contribution is 5.86. The molecule has 0 aliphatic heterocycles. The van der Waals surface area contributed by atoms with Gasteiger partial charge in [-0.3, -0.25) is 9.59 Å². The molecule has 0 heterocycles. The SMILES string of the molecule is O=C(NCC1(C(=O)NC[C@H]2C[C@H]2C(=O)O)CC1)OCC1c2ccccc2-c2ccccc21. The summed E-state index contributed by atoms with van der Waals surface area (Å²) in [6, 6.07) is 16.3. The van der Waals surface area contributed by atoms with Gasteiger partial charge in [0.25, 0.3) is 0 Å². The van der Waals surface area contributed by atoms with Gasteiger partial charge >= 0.3 is 12.1 Å². The zero-order chi connectivity index (χ0) is 22.3. The maximum Gasteiger partial charge on any atom is 0.407 e. The first kappa shape index (κ1) is 20.5. The molecule has 2 atom stereocenters. The molecule has 7 heteroatoms. The number of ether oxygens (including phenoxy) is 1. The molecule has 3 N–H and O–H groups in total. The van der Waals surface area contributed by atoms with Crippen molar-refractivity contribution in [1.29, 1.82) is 0 Å². The van der Waals surface area contributed by atoms with E-state index in [0.29, 0.717) is 25.8 Å². The highest BCUT2D eigenvalue weighted by Crippen LogP contribution is 2.46. The number of rotatable bonds is 8. The molecule has 2 saturated carbocycles. The third-order valence-electron chi connectivity index (χ3n) is 7.01.